The molecule has 1 saturated carbocycles. The van der Waals surface area contributed by atoms with Gasteiger partial charge in [-0.2, -0.15) is 0 Å². The average molecular weight is 551 g/mol. The maximum Gasteiger partial charge on any atom is 0.263 e. The zero-order valence-corrected chi connectivity index (χ0v) is 23.0. The fourth-order valence-corrected chi connectivity index (χ4v) is 6.11. The quantitative estimate of drug-likeness (QED) is 0.419. The molecule has 11 heteroatoms. The monoisotopic (exact) mass is 550 g/mol. The van der Waals surface area contributed by atoms with Crippen molar-refractivity contribution in [3.05, 3.63) is 57.9 Å². The number of nitrogens with zero attached hydrogens (tertiary/aromatic N) is 4. The molecule has 2 N–H and O–H groups in total. The van der Waals surface area contributed by atoms with E-state index >= 15 is 4.39 Å². The third-order valence-electron chi connectivity index (χ3n) is 8.60. The largest absolute Gasteiger partial charge is 0.480 e. The van der Waals surface area contributed by atoms with Crippen molar-refractivity contribution in [3.63, 3.8) is 0 Å². The van der Waals surface area contributed by atoms with Crippen LogP contribution in [0.25, 0.3) is 11.0 Å². The van der Waals surface area contributed by atoms with E-state index in [1.165, 1.54) is 12.3 Å². The number of fused-ring (bicyclic) bond motifs is 5. The van der Waals surface area contributed by atoms with Gasteiger partial charge in [-0.3, -0.25) is 14.6 Å². The summed E-state index contributed by atoms with van der Waals surface area (Å²) in [5.41, 5.74) is 1.99. The summed E-state index contributed by atoms with van der Waals surface area (Å²) in [6, 6.07) is 6.93. The number of halogens is 1. The Morgan fingerprint density at radius 2 is 1.98 bits per heavy atom. The highest BCUT2D eigenvalue weighted by molar-refractivity contribution is 5.94. The van der Waals surface area contributed by atoms with Gasteiger partial charge in [-0.1, -0.05) is 0 Å². The first-order valence-corrected chi connectivity index (χ1v) is 13.9. The summed E-state index contributed by atoms with van der Waals surface area (Å²) < 4.78 is 28.7. The Hall–Kier alpha value is -3.41. The number of carbonyl (C=O) groups excluding carboxylic acids is 1. The minimum Gasteiger partial charge on any atom is -0.480 e. The highest BCUT2D eigenvalue weighted by Crippen LogP contribution is 2.46. The molecule has 0 aromatic carbocycles. The Bertz CT molecular complexity index is 1480. The molecule has 3 fully saturated rings. The summed E-state index contributed by atoms with van der Waals surface area (Å²) in [6.07, 6.45) is 6.07. The van der Waals surface area contributed by atoms with Crippen molar-refractivity contribution in [2.45, 2.75) is 62.8 Å². The van der Waals surface area contributed by atoms with E-state index in [4.69, 9.17) is 9.47 Å². The number of aromatic nitrogens is 3. The van der Waals surface area contributed by atoms with Crippen LogP contribution in [-0.4, -0.2) is 70.3 Å². The minimum absolute atomic E-state index is 0.00857. The zero-order valence-electron chi connectivity index (χ0n) is 23.0. The van der Waals surface area contributed by atoms with E-state index in [1.807, 2.05) is 31.1 Å². The third kappa shape index (κ3) is 5.21. The number of rotatable bonds is 9. The molecule has 3 aromatic heterocycles. The van der Waals surface area contributed by atoms with Gasteiger partial charge in [-0.05, 0) is 70.8 Å². The van der Waals surface area contributed by atoms with Crippen molar-refractivity contribution in [2.24, 2.45) is 0 Å². The number of likely N-dealkylation sites (N-methyl/N-ethyl adjacent to an activating group) is 1. The van der Waals surface area contributed by atoms with Gasteiger partial charge in [0.1, 0.15) is 5.82 Å². The van der Waals surface area contributed by atoms with Gasteiger partial charge >= 0.3 is 0 Å². The van der Waals surface area contributed by atoms with Crippen LogP contribution in [0.2, 0.25) is 0 Å². The molecule has 0 spiro atoms. The number of carbonyl (C=O) groups is 1. The van der Waals surface area contributed by atoms with Crippen molar-refractivity contribution in [2.75, 3.05) is 39.2 Å². The molecule has 0 unspecified atom stereocenters. The average Bonchev–Trinajstić information content (AvgIpc) is 2.96. The molecule has 0 atom stereocenters. The molecule has 6 heterocycles. The SMILES string of the molecule is CN(C)CCn1c(=O)ccc2ncc(F)c(CCC34CCC(NCc5ccc6c(n5)NC(=O)CO6)(CC3)CO4)c21. The van der Waals surface area contributed by atoms with Crippen LogP contribution in [0.3, 0.4) is 0 Å². The van der Waals surface area contributed by atoms with Crippen LogP contribution in [0, 0.1) is 5.82 Å². The normalized spacial score (nSPS) is 23.8. The number of amides is 1. The van der Waals surface area contributed by atoms with E-state index in [0.29, 0.717) is 67.2 Å². The van der Waals surface area contributed by atoms with E-state index in [0.717, 1.165) is 31.4 Å². The first-order chi connectivity index (χ1) is 19.2. The molecular formula is C29H35FN6O4. The van der Waals surface area contributed by atoms with E-state index < -0.39 is 0 Å². The maximum absolute atomic E-state index is 15.2. The molecular weight excluding hydrogens is 515 g/mol. The Morgan fingerprint density at radius 3 is 2.73 bits per heavy atom. The fourth-order valence-electron chi connectivity index (χ4n) is 6.11. The van der Waals surface area contributed by atoms with Crippen molar-refractivity contribution >= 4 is 22.8 Å². The lowest BCUT2D eigenvalue weighted by Gasteiger charge is -2.53. The number of pyridine rings is 3. The summed E-state index contributed by atoms with van der Waals surface area (Å²) in [5.74, 6) is 0.455. The van der Waals surface area contributed by atoms with Crippen molar-refractivity contribution in [1.82, 2.24) is 24.8 Å². The van der Waals surface area contributed by atoms with Gasteiger partial charge in [-0.25, -0.2) is 9.37 Å². The molecule has 2 bridgehead atoms. The van der Waals surface area contributed by atoms with Crippen molar-refractivity contribution in [3.8, 4) is 5.75 Å². The Kier molecular flexibility index (Phi) is 7.05. The van der Waals surface area contributed by atoms with Gasteiger partial charge in [0.25, 0.3) is 11.5 Å². The number of hydrogen-bond donors (Lipinski definition) is 2. The number of aryl methyl sites for hydroxylation is 1. The number of anilines is 1. The maximum atomic E-state index is 15.2. The molecule has 3 aromatic rings. The van der Waals surface area contributed by atoms with E-state index in [-0.39, 0.29) is 35.0 Å². The number of ether oxygens (including phenoxy) is 2. The van der Waals surface area contributed by atoms with Gasteiger partial charge in [0.05, 0.1) is 35.1 Å². The van der Waals surface area contributed by atoms with Gasteiger partial charge in [0, 0.05) is 36.8 Å². The topological polar surface area (TPSA) is 111 Å². The van der Waals surface area contributed by atoms with Crippen LogP contribution in [0.15, 0.2) is 35.3 Å². The third-order valence-corrected chi connectivity index (χ3v) is 8.60. The summed E-state index contributed by atoms with van der Waals surface area (Å²) in [5, 5.41) is 6.42. The van der Waals surface area contributed by atoms with Gasteiger partial charge in [0.15, 0.2) is 18.2 Å². The molecule has 7 rings (SSSR count). The van der Waals surface area contributed by atoms with Crippen molar-refractivity contribution in [1.29, 1.82) is 0 Å². The number of nitrogens with one attached hydrogen (secondary N) is 2. The van der Waals surface area contributed by atoms with Crippen molar-refractivity contribution < 1.29 is 18.7 Å². The second-order valence-corrected chi connectivity index (χ2v) is 11.5. The fraction of sp³-hybridized carbons (Fsp3) is 0.517. The van der Waals surface area contributed by atoms with Crippen LogP contribution in [0.1, 0.15) is 43.4 Å². The van der Waals surface area contributed by atoms with E-state index in [1.54, 1.807) is 10.6 Å². The lowest BCUT2D eigenvalue weighted by atomic mass is 9.69. The Morgan fingerprint density at radius 1 is 1.15 bits per heavy atom. The second kappa shape index (κ2) is 10.5. The first kappa shape index (κ1) is 26.8. The molecule has 10 nitrogen and oxygen atoms in total. The Balaban J connectivity index is 1.13. The van der Waals surface area contributed by atoms with Gasteiger partial charge < -0.3 is 29.6 Å². The molecule has 1 amide bonds. The predicted molar refractivity (Wildman–Crippen MR) is 148 cm³/mol. The Labute approximate surface area is 231 Å². The molecule has 40 heavy (non-hydrogen) atoms. The highest BCUT2D eigenvalue weighted by Gasteiger charge is 2.49. The van der Waals surface area contributed by atoms with Crippen LogP contribution in [-0.2, 0) is 29.0 Å². The lowest BCUT2D eigenvalue weighted by Crippen LogP contribution is -2.61. The van der Waals surface area contributed by atoms with Gasteiger partial charge in [-0.15, -0.1) is 0 Å². The zero-order chi connectivity index (χ0) is 27.9. The van der Waals surface area contributed by atoms with Crippen LogP contribution < -0.4 is 20.9 Å². The first-order valence-electron chi connectivity index (χ1n) is 13.9. The summed E-state index contributed by atoms with van der Waals surface area (Å²) in [7, 11) is 3.90. The molecule has 3 aliphatic heterocycles. The molecule has 1 aliphatic carbocycles. The molecule has 212 valence electrons. The summed E-state index contributed by atoms with van der Waals surface area (Å²) in [6.45, 7) is 2.27. The van der Waals surface area contributed by atoms with Crippen LogP contribution in [0.5, 0.6) is 5.75 Å². The smallest absolute Gasteiger partial charge is 0.263 e. The minimum atomic E-state index is -0.380. The molecule has 4 aliphatic rings. The predicted octanol–water partition coefficient (Wildman–Crippen LogP) is 2.63. The lowest BCUT2D eigenvalue weighted by molar-refractivity contribution is -0.165. The van der Waals surface area contributed by atoms with E-state index in [2.05, 4.69) is 20.6 Å². The van der Waals surface area contributed by atoms with Crippen LogP contribution >= 0.6 is 0 Å². The number of hydrogen-bond acceptors (Lipinski definition) is 8. The van der Waals surface area contributed by atoms with E-state index in [9.17, 15) is 9.59 Å². The summed E-state index contributed by atoms with van der Waals surface area (Å²) in [4.78, 5) is 35.2. The standard InChI is InChI=1S/C29H35FN6O4/c1-35(2)13-14-36-25(38)6-4-22-26(36)20(21(30)16-31-22)7-8-29-11-9-28(10-12-29,18-40-29)32-15-19-3-5-23-27(33-19)34-24(37)17-39-23/h3-6,16,32H,7-15,17-18H2,1-2H3,(H,33,34,37). The molecule has 2 saturated heterocycles. The second-order valence-electron chi connectivity index (χ2n) is 11.5. The molecule has 0 radical (unpaired) electrons. The highest BCUT2D eigenvalue weighted by atomic mass is 19.1. The summed E-state index contributed by atoms with van der Waals surface area (Å²) >= 11 is 0. The van der Waals surface area contributed by atoms with Crippen LogP contribution in [0.4, 0.5) is 10.2 Å². The van der Waals surface area contributed by atoms with Gasteiger partial charge in [0.2, 0.25) is 0 Å².